The zero-order chi connectivity index (χ0) is 12.0. The summed E-state index contributed by atoms with van der Waals surface area (Å²) in [6, 6.07) is 5.74. The standard InChI is InChI=1S/C13H18O3/c1-4-15-12-7-6-11(10(3)8-12)9-13(14)16-5-2/h6-8H,4-5,9H2,1-3H3. The number of esters is 1. The average Bonchev–Trinajstić information content (AvgIpc) is 2.23. The monoisotopic (exact) mass is 222 g/mol. The Bertz CT molecular complexity index is 358. The fourth-order valence-corrected chi connectivity index (χ4v) is 1.49. The van der Waals surface area contributed by atoms with Crippen molar-refractivity contribution >= 4 is 5.97 Å². The summed E-state index contributed by atoms with van der Waals surface area (Å²) in [6.07, 6.45) is 0.325. The zero-order valence-electron chi connectivity index (χ0n) is 10.1. The van der Waals surface area contributed by atoms with Gasteiger partial charge in [0.2, 0.25) is 0 Å². The molecule has 3 nitrogen and oxygen atoms in total. The SMILES string of the molecule is CCOC(=O)Cc1ccc(OCC)cc1C. The minimum atomic E-state index is -0.185. The molecule has 0 amide bonds. The second kappa shape index (κ2) is 6.16. The van der Waals surface area contributed by atoms with E-state index in [2.05, 4.69) is 0 Å². The minimum absolute atomic E-state index is 0.185. The van der Waals surface area contributed by atoms with E-state index >= 15 is 0 Å². The van der Waals surface area contributed by atoms with Gasteiger partial charge in [0.15, 0.2) is 0 Å². The van der Waals surface area contributed by atoms with Crippen molar-refractivity contribution in [3.05, 3.63) is 29.3 Å². The van der Waals surface area contributed by atoms with Crippen molar-refractivity contribution < 1.29 is 14.3 Å². The Hall–Kier alpha value is -1.51. The number of rotatable bonds is 5. The molecule has 0 heterocycles. The molecule has 0 atom stereocenters. The molecule has 1 rings (SSSR count). The van der Waals surface area contributed by atoms with Gasteiger partial charge < -0.3 is 9.47 Å². The molecule has 0 fully saturated rings. The van der Waals surface area contributed by atoms with Gasteiger partial charge >= 0.3 is 5.97 Å². The highest BCUT2D eigenvalue weighted by Gasteiger charge is 2.07. The zero-order valence-corrected chi connectivity index (χ0v) is 10.1. The third kappa shape index (κ3) is 3.57. The highest BCUT2D eigenvalue weighted by molar-refractivity contribution is 5.73. The van der Waals surface area contributed by atoms with Crippen LogP contribution in [0.4, 0.5) is 0 Å². The van der Waals surface area contributed by atoms with Gasteiger partial charge in [0.1, 0.15) is 5.75 Å². The summed E-state index contributed by atoms with van der Waals surface area (Å²) in [4.78, 5) is 11.3. The van der Waals surface area contributed by atoms with Gasteiger partial charge in [-0.25, -0.2) is 0 Å². The number of carbonyl (C=O) groups is 1. The van der Waals surface area contributed by atoms with E-state index in [0.717, 1.165) is 16.9 Å². The summed E-state index contributed by atoms with van der Waals surface area (Å²) in [5.41, 5.74) is 2.04. The lowest BCUT2D eigenvalue weighted by Gasteiger charge is -2.08. The maximum Gasteiger partial charge on any atom is 0.310 e. The van der Waals surface area contributed by atoms with E-state index in [1.54, 1.807) is 0 Å². The Morgan fingerprint density at radius 1 is 1.25 bits per heavy atom. The van der Waals surface area contributed by atoms with Crippen LogP contribution in [0.3, 0.4) is 0 Å². The molecule has 16 heavy (non-hydrogen) atoms. The van der Waals surface area contributed by atoms with E-state index in [4.69, 9.17) is 9.47 Å². The van der Waals surface area contributed by atoms with Crippen LogP contribution in [-0.2, 0) is 16.0 Å². The summed E-state index contributed by atoms with van der Waals surface area (Å²) in [5, 5.41) is 0. The van der Waals surface area contributed by atoms with Crippen molar-refractivity contribution in [1.82, 2.24) is 0 Å². The first-order valence-corrected chi connectivity index (χ1v) is 5.55. The number of ether oxygens (including phenoxy) is 2. The van der Waals surface area contributed by atoms with Crippen molar-refractivity contribution in [2.75, 3.05) is 13.2 Å². The molecule has 0 aromatic heterocycles. The molecule has 0 N–H and O–H groups in total. The third-order valence-corrected chi connectivity index (χ3v) is 2.27. The largest absolute Gasteiger partial charge is 0.494 e. The second-order valence-corrected chi connectivity index (χ2v) is 3.50. The van der Waals surface area contributed by atoms with Crippen molar-refractivity contribution in [1.29, 1.82) is 0 Å². The van der Waals surface area contributed by atoms with Crippen LogP contribution in [0.25, 0.3) is 0 Å². The molecule has 0 radical (unpaired) electrons. The summed E-state index contributed by atoms with van der Waals surface area (Å²) >= 11 is 0. The average molecular weight is 222 g/mol. The normalized spacial score (nSPS) is 9.94. The van der Waals surface area contributed by atoms with Crippen molar-refractivity contribution in [3.8, 4) is 5.75 Å². The number of hydrogen-bond donors (Lipinski definition) is 0. The van der Waals surface area contributed by atoms with Gasteiger partial charge in [-0.3, -0.25) is 4.79 Å². The summed E-state index contributed by atoms with van der Waals surface area (Å²) in [5.74, 6) is 0.655. The first kappa shape index (κ1) is 12.6. The van der Waals surface area contributed by atoms with Gasteiger partial charge in [-0.15, -0.1) is 0 Å². The van der Waals surface area contributed by atoms with Gasteiger partial charge in [-0.1, -0.05) is 6.07 Å². The maximum atomic E-state index is 11.3. The van der Waals surface area contributed by atoms with E-state index < -0.39 is 0 Å². The van der Waals surface area contributed by atoms with E-state index in [0.29, 0.717) is 19.6 Å². The quantitative estimate of drug-likeness (QED) is 0.718. The van der Waals surface area contributed by atoms with Crippen LogP contribution in [0.2, 0.25) is 0 Å². The van der Waals surface area contributed by atoms with Crippen LogP contribution in [0, 0.1) is 6.92 Å². The Morgan fingerprint density at radius 3 is 2.56 bits per heavy atom. The van der Waals surface area contributed by atoms with E-state index in [1.807, 2.05) is 39.0 Å². The smallest absolute Gasteiger partial charge is 0.310 e. The Morgan fingerprint density at radius 2 is 2.00 bits per heavy atom. The molecular weight excluding hydrogens is 204 g/mol. The van der Waals surface area contributed by atoms with Gasteiger partial charge in [0, 0.05) is 0 Å². The molecule has 3 heteroatoms. The number of benzene rings is 1. The van der Waals surface area contributed by atoms with Crippen molar-refractivity contribution in [2.45, 2.75) is 27.2 Å². The molecule has 0 aliphatic heterocycles. The van der Waals surface area contributed by atoms with E-state index in [-0.39, 0.29) is 5.97 Å². The molecule has 1 aromatic carbocycles. The van der Waals surface area contributed by atoms with Gasteiger partial charge in [-0.2, -0.15) is 0 Å². The fraction of sp³-hybridized carbons (Fsp3) is 0.462. The summed E-state index contributed by atoms with van der Waals surface area (Å²) < 4.78 is 10.3. The molecular formula is C13H18O3. The predicted molar refractivity (Wildman–Crippen MR) is 62.7 cm³/mol. The lowest BCUT2D eigenvalue weighted by Crippen LogP contribution is -2.08. The molecule has 0 aliphatic carbocycles. The van der Waals surface area contributed by atoms with Crippen LogP contribution in [0.5, 0.6) is 5.75 Å². The molecule has 0 spiro atoms. The van der Waals surface area contributed by atoms with Gasteiger partial charge in [0.05, 0.1) is 19.6 Å². The minimum Gasteiger partial charge on any atom is -0.494 e. The second-order valence-electron chi connectivity index (χ2n) is 3.50. The van der Waals surface area contributed by atoms with E-state index in [9.17, 15) is 4.79 Å². The van der Waals surface area contributed by atoms with Crippen molar-refractivity contribution in [2.24, 2.45) is 0 Å². The molecule has 0 bridgehead atoms. The lowest BCUT2D eigenvalue weighted by molar-refractivity contribution is -0.142. The van der Waals surface area contributed by atoms with Crippen LogP contribution in [0.1, 0.15) is 25.0 Å². The lowest BCUT2D eigenvalue weighted by atomic mass is 10.1. The fourth-order valence-electron chi connectivity index (χ4n) is 1.49. The molecule has 0 saturated heterocycles. The molecule has 1 aromatic rings. The van der Waals surface area contributed by atoms with Gasteiger partial charge in [-0.05, 0) is 44.0 Å². The highest BCUT2D eigenvalue weighted by atomic mass is 16.5. The topological polar surface area (TPSA) is 35.5 Å². The van der Waals surface area contributed by atoms with E-state index in [1.165, 1.54) is 0 Å². The number of carbonyl (C=O) groups excluding carboxylic acids is 1. The summed E-state index contributed by atoms with van der Waals surface area (Å²) in [6.45, 7) is 6.80. The van der Waals surface area contributed by atoms with Gasteiger partial charge in [0.25, 0.3) is 0 Å². The summed E-state index contributed by atoms with van der Waals surface area (Å²) in [7, 11) is 0. The highest BCUT2D eigenvalue weighted by Crippen LogP contribution is 2.17. The number of hydrogen-bond acceptors (Lipinski definition) is 3. The van der Waals surface area contributed by atoms with Crippen LogP contribution < -0.4 is 4.74 Å². The molecule has 0 unspecified atom stereocenters. The Labute approximate surface area is 96.4 Å². The Balaban J connectivity index is 2.71. The van der Waals surface area contributed by atoms with Crippen LogP contribution >= 0.6 is 0 Å². The number of aryl methyl sites for hydroxylation is 1. The molecule has 0 saturated carbocycles. The first-order chi connectivity index (χ1) is 7.67. The van der Waals surface area contributed by atoms with Crippen LogP contribution in [-0.4, -0.2) is 19.2 Å². The molecule has 0 aliphatic rings. The van der Waals surface area contributed by atoms with Crippen molar-refractivity contribution in [3.63, 3.8) is 0 Å². The predicted octanol–water partition coefficient (Wildman–Crippen LogP) is 2.50. The maximum absolute atomic E-state index is 11.3. The first-order valence-electron chi connectivity index (χ1n) is 5.55. The third-order valence-electron chi connectivity index (χ3n) is 2.27. The molecule has 88 valence electrons. The van der Waals surface area contributed by atoms with Crippen LogP contribution in [0.15, 0.2) is 18.2 Å². The Kier molecular flexibility index (Phi) is 4.83.